The van der Waals surface area contributed by atoms with Crippen LogP contribution in [-0.2, 0) is 0 Å². The smallest absolute Gasteiger partial charge is 0.497 e. The van der Waals surface area contributed by atoms with E-state index in [0.29, 0.717) is 0 Å². The van der Waals surface area contributed by atoms with Gasteiger partial charge in [0, 0.05) is 0 Å². The summed E-state index contributed by atoms with van der Waals surface area (Å²) in [7, 11) is -2.05. The van der Waals surface area contributed by atoms with Crippen LogP contribution in [-0.4, -0.2) is 28.6 Å². The lowest BCUT2D eigenvalue weighted by molar-refractivity contribution is 0.368. The molecular weight excluding hydrogens is 418 g/mol. The summed E-state index contributed by atoms with van der Waals surface area (Å²) in [4.78, 5) is 0. The Morgan fingerprint density at radius 3 is 0.867 bits per heavy atom. The number of hydrogen-bond donors (Lipinski definition) is 0. The summed E-state index contributed by atoms with van der Waals surface area (Å²) in [6.45, 7) is 0. The van der Waals surface area contributed by atoms with Crippen molar-refractivity contribution in [1.29, 1.82) is 0 Å². The third kappa shape index (κ3) is 7.27. The highest BCUT2D eigenvalue weighted by Crippen LogP contribution is 2.34. The number of methoxy groups -OCH3 is 3. The third-order valence-corrected chi connectivity index (χ3v) is 6.87. The fourth-order valence-corrected chi connectivity index (χ4v) is 5.27. The quantitative estimate of drug-likeness (QED) is 0.321. The van der Waals surface area contributed by atoms with Crippen molar-refractivity contribution in [2.45, 2.75) is 0 Å². The Hall–Kier alpha value is -2.73. The van der Waals surface area contributed by atoms with E-state index in [1.165, 1.54) is 15.9 Å². The van der Waals surface area contributed by atoms with Crippen molar-refractivity contribution in [2.24, 2.45) is 0 Å². The van der Waals surface area contributed by atoms with Gasteiger partial charge in [-0.15, -0.1) is 0 Å². The second-order valence-electron chi connectivity index (χ2n) is 6.06. The van der Waals surface area contributed by atoms with Crippen molar-refractivity contribution >= 4 is 31.1 Å². The second kappa shape index (κ2) is 10.9. The monoisotopic (exact) mass is 440 g/mol. The van der Waals surface area contributed by atoms with Gasteiger partial charge in [0.25, 0.3) is 0 Å². The maximum absolute atomic E-state index is 9.75. The molecule has 3 aromatic carbocycles. The van der Waals surface area contributed by atoms with E-state index < -0.39 is 15.2 Å². The zero-order valence-electron chi connectivity index (χ0n) is 16.7. The predicted molar refractivity (Wildman–Crippen MR) is 116 cm³/mol. The molecule has 9 heteroatoms. The molecular formula is C21H22BF4O3P. The van der Waals surface area contributed by atoms with E-state index in [4.69, 9.17) is 14.2 Å². The average molecular weight is 440 g/mol. The van der Waals surface area contributed by atoms with E-state index in [1.54, 1.807) is 21.3 Å². The Morgan fingerprint density at radius 2 is 0.700 bits per heavy atom. The average Bonchev–Trinajstić information content (AvgIpc) is 2.74. The van der Waals surface area contributed by atoms with Gasteiger partial charge in [-0.05, 0) is 72.8 Å². The normalized spacial score (nSPS) is 10.8. The van der Waals surface area contributed by atoms with Crippen LogP contribution in [0.15, 0.2) is 72.8 Å². The highest BCUT2D eigenvalue weighted by Gasteiger charge is 2.25. The largest absolute Gasteiger partial charge is 0.673 e. The summed E-state index contributed by atoms with van der Waals surface area (Å²) in [6.07, 6.45) is 0. The SMILES string of the molecule is COc1ccc([PH+](c2ccc(OC)cc2)c2ccc(OC)cc2)cc1.F[B-](F)(F)F. The number of hydrogen-bond acceptors (Lipinski definition) is 3. The van der Waals surface area contributed by atoms with Crippen LogP contribution in [0, 0.1) is 0 Å². The Bertz CT molecular complexity index is 783. The molecule has 0 bridgehead atoms. The molecule has 3 rings (SSSR count). The van der Waals surface area contributed by atoms with Gasteiger partial charge in [-0.25, -0.2) is 0 Å². The molecule has 30 heavy (non-hydrogen) atoms. The highest BCUT2D eigenvalue weighted by molar-refractivity contribution is 7.79. The Balaban J connectivity index is 0.000000575. The van der Waals surface area contributed by atoms with Gasteiger partial charge >= 0.3 is 7.25 Å². The zero-order chi connectivity index (χ0) is 22.1. The summed E-state index contributed by atoms with van der Waals surface area (Å²) in [5.74, 6) is 2.61. The Labute approximate surface area is 174 Å². The molecule has 0 fully saturated rings. The second-order valence-corrected chi connectivity index (χ2v) is 8.54. The van der Waals surface area contributed by atoms with Crippen molar-refractivity contribution in [3.8, 4) is 17.2 Å². The first-order valence-corrected chi connectivity index (χ1v) is 10.4. The molecule has 0 N–H and O–H groups in total. The molecule has 0 spiro atoms. The number of ether oxygens (including phenoxy) is 3. The first-order valence-electron chi connectivity index (χ1n) is 8.92. The minimum atomic E-state index is -6.00. The standard InChI is InChI=1S/C21H21O3P.BF4/c1-22-16-4-10-19(11-5-16)25(20-12-6-17(23-2)7-13-20)21-14-8-18(24-3)9-15-21;2-1(3,4)5/h4-15H,1-3H3;/q;-1/p+1. The summed E-state index contributed by atoms with van der Waals surface area (Å²) in [6, 6.07) is 25.1. The minimum Gasteiger partial charge on any atom is -0.497 e. The molecule has 160 valence electrons. The van der Waals surface area contributed by atoms with Crippen LogP contribution < -0.4 is 30.1 Å². The van der Waals surface area contributed by atoms with Gasteiger partial charge in [-0.1, -0.05) is 0 Å². The van der Waals surface area contributed by atoms with Gasteiger partial charge in [-0.3, -0.25) is 0 Å². The molecule has 0 aliphatic heterocycles. The van der Waals surface area contributed by atoms with E-state index in [0.717, 1.165) is 17.2 Å². The summed E-state index contributed by atoms with van der Waals surface area (Å²) >= 11 is 0. The molecule has 0 saturated heterocycles. The van der Waals surface area contributed by atoms with Gasteiger partial charge in [0.05, 0.1) is 29.3 Å². The molecule has 0 radical (unpaired) electrons. The molecule has 0 unspecified atom stereocenters. The van der Waals surface area contributed by atoms with Gasteiger partial charge in [-0.2, -0.15) is 0 Å². The maximum atomic E-state index is 9.75. The number of halogens is 4. The lowest BCUT2D eigenvalue weighted by Crippen LogP contribution is -2.20. The first-order chi connectivity index (χ1) is 14.2. The van der Waals surface area contributed by atoms with Gasteiger partial charge in [0.1, 0.15) is 33.2 Å². The molecule has 0 aliphatic carbocycles. The van der Waals surface area contributed by atoms with Crippen molar-refractivity contribution in [1.82, 2.24) is 0 Å². The Morgan fingerprint density at radius 1 is 0.500 bits per heavy atom. The first kappa shape index (κ1) is 23.6. The van der Waals surface area contributed by atoms with Crippen molar-refractivity contribution in [3.63, 3.8) is 0 Å². The topological polar surface area (TPSA) is 27.7 Å². The molecule has 0 aliphatic rings. The van der Waals surface area contributed by atoms with E-state index in [-0.39, 0.29) is 0 Å². The molecule has 0 atom stereocenters. The summed E-state index contributed by atoms with van der Waals surface area (Å²) in [5.41, 5.74) is 0. The van der Waals surface area contributed by atoms with E-state index in [2.05, 4.69) is 36.4 Å². The van der Waals surface area contributed by atoms with Gasteiger partial charge in [0.15, 0.2) is 0 Å². The zero-order valence-corrected chi connectivity index (χ0v) is 17.7. The van der Waals surface area contributed by atoms with E-state index in [1.807, 2.05) is 36.4 Å². The van der Waals surface area contributed by atoms with Crippen LogP contribution in [0.2, 0.25) is 0 Å². The fraction of sp³-hybridized carbons (Fsp3) is 0.143. The molecule has 0 heterocycles. The van der Waals surface area contributed by atoms with Crippen LogP contribution in [0.3, 0.4) is 0 Å². The molecule has 0 aromatic heterocycles. The summed E-state index contributed by atoms with van der Waals surface area (Å²) < 4.78 is 54.9. The van der Waals surface area contributed by atoms with Crippen molar-refractivity contribution in [3.05, 3.63) is 72.8 Å². The lowest BCUT2D eigenvalue weighted by Gasteiger charge is -2.12. The third-order valence-electron chi connectivity index (χ3n) is 4.14. The van der Waals surface area contributed by atoms with Gasteiger partial charge < -0.3 is 31.5 Å². The number of rotatable bonds is 6. The van der Waals surface area contributed by atoms with Crippen molar-refractivity contribution in [2.75, 3.05) is 21.3 Å². The fourth-order valence-electron chi connectivity index (χ4n) is 2.77. The lowest BCUT2D eigenvalue weighted by atomic mass is 10.3. The van der Waals surface area contributed by atoms with Crippen LogP contribution in [0.1, 0.15) is 0 Å². The predicted octanol–water partition coefficient (Wildman–Crippen LogP) is 4.50. The van der Waals surface area contributed by atoms with E-state index >= 15 is 0 Å². The molecule has 3 aromatic rings. The van der Waals surface area contributed by atoms with Crippen LogP contribution in [0.4, 0.5) is 17.3 Å². The molecule has 0 saturated carbocycles. The Kier molecular flexibility index (Phi) is 8.54. The minimum absolute atomic E-state index is 0.870. The van der Waals surface area contributed by atoms with Gasteiger partial charge in [0.2, 0.25) is 0 Å². The van der Waals surface area contributed by atoms with Crippen molar-refractivity contribution < 1.29 is 31.5 Å². The summed E-state index contributed by atoms with van der Waals surface area (Å²) in [5, 5.41) is 3.92. The maximum Gasteiger partial charge on any atom is 0.673 e. The van der Waals surface area contributed by atoms with E-state index in [9.17, 15) is 17.3 Å². The van der Waals surface area contributed by atoms with Crippen LogP contribution in [0.25, 0.3) is 0 Å². The van der Waals surface area contributed by atoms with Crippen LogP contribution in [0.5, 0.6) is 17.2 Å². The highest BCUT2D eigenvalue weighted by atomic mass is 31.1. The molecule has 0 amide bonds. The van der Waals surface area contributed by atoms with Crippen LogP contribution >= 0.6 is 7.92 Å². The molecule has 3 nitrogen and oxygen atoms in total. The number of benzene rings is 3.